The number of carbonyl (C=O) groups excluding carboxylic acids is 3. The van der Waals surface area contributed by atoms with Crippen LogP contribution in [0.5, 0.6) is 34.5 Å². The summed E-state index contributed by atoms with van der Waals surface area (Å²) in [5.74, 6) is 3.53. The molecular weight excluding hydrogens is 757 g/mol. The SMILES string of the molecule is COc1c(C)cc(-c2cc(C)c(OC(C)=O)c(C)c2)cc1C.COc1ccc(-c2ccc(OC(C)=O)c(C)c2)cc1C.COc1ccc(-c2ccc(OC(C)=O)cc2)cc1. The molecule has 0 aliphatic carbocycles. The van der Waals surface area contributed by atoms with Gasteiger partial charge < -0.3 is 28.4 Å². The zero-order valence-corrected chi connectivity index (χ0v) is 36.6. The van der Waals surface area contributed by atoms with Crippen LogP contribution in [0.25, 0.3) is 33.4 Å². The quantitative estimate of drug-likeness (QED) is 0.104. The second-order valence-electron chi connectivity index (χ2n) is 14.3. The number of benzene rings is 6. The zero-order chi connectivity index (χ0) is 44.1. The number of rotatable bonds is 9. The Labute approximate surface area is 353 Å². The number of carbonyl (C=O) groups is 3. The van der Waals surface area contributed by atoms with Crippen LogP contribution in [0, 0.1) is 41.5 Å². The van der Waals surface area contributed by atoms with Gasteiger partial charge in [-0.1, -0.05) is 36.4 Å². The third-order valence-electron chi connectivity index (χ3n) is 9.40. The van der Waals surface area contributed by atoms with Crippen LogP contribution in [-0.4, -0.2) is 39.2 Å². The molecule has 9 nitrogen and oxygen atoms in total. The lowest BCUT2D eigenvalue weighted by Crippen LogP contribution is -2.04. The highest BCUT2D eigenvalue weighted by Crippen LogP contribution is 2.35. The predicted molar refractivity (Wildman–Crippen MR) is 238 cm³/mol. The summed E-state index contributed by atoms with van der Waals surface area (Å²) in [6, 6.07) is 35.4. The van der Waals surface area contributed by atoms with Gasteiger partial charge >= 0.3 is 17.9 Å². The molecule has 0 fully saturated rings. The van der Waals surface area contributed by atoms with Gasteiger partial charge in [-0.2, -0.15) is 0 Å². The monoisotopic (exact) mass is 810 g/mol. The molecule has 0 spiro atoms. The van der Waals surface area contributed by atoms with Gasteiger partial charge in [-0.15, -0.1) is 0 Å². The Morgan fingerprint density at radius 1 is 0.333 bits per heavy atom. The summed E-state index contributed by atoms with van der Waals surface area (Å²) in [6.07, 6.45) is 0. The minimum atomic E-state index is -0.313. The average Bonchev–Trinajstić information content (AvgIpc) is 3.20. The smallest absolute Gasteiger partial charge is 0.308 e. The summed E-state index contributed by atoms with van der Waals surface area (Å²) < 4.78 is 31.2. The minimum Gasteiger partial charge on any atom is -0.497 e. The lowest BCUT2D eigenvalue weighted by atomic mass is 9.96. The molecule has 60 heavy (non-hydrogen) atoms. The van der Waals surface area contributed by atoms with E-state index in [4.69, 9.17) is 28.4 Å². The van der Waals surface area contributed by atoms with Crippen molar-refractivity contribution in [2.75, 3.05) is 21.3 Å². The Kier molecular flexibility index (Phi) is 16.2. The first-order valence-electron chi connectivity index (χ1n) is 19.4. The number of esters is 3. The Bertz CT molecular complexity index is 2400. The molecule has 0 aromatic heterocycles. The summed E-state index contributed by atoms with van der Waals surface area (Å²) in [5.41, 5.74) is 12.7. The van der Waals surface area contributed by atoms with Crippen LogP contribution in [0.2, 0.25) is 0 Å². The van der Waals surface area contributed by atoms with E-state index < -0.39 is 0 Å². The van der Waals surface area contributed by atoms with Crippen molar-refractivity contribution in [2.24, 2.45) is 0 Å². The number of methoxy groups -OCH3 is 3. The topological polar surface area (TPSA) is 107 Å². The van der Waals surface area contributed by atoms with Gasteiger partial charge in [0.15, 0.2) is 0 Å². The zero-order valence-electron chi connectivity index (χ0n) is 36.6. The molecule has 9 heteroatoms. The van der Waals surface area contributed by atoms with Crippen LogP contribution in [0.3, 0.4) is 0 Å². The maximum atomic E-state index is 11.2. The molecule has 0 atom stereocenters. The van der Waals surface area contributed by atoms with Crippen LogP contribution >= 0.6 is 0 Å². The van der Waals surface area contributed by atoms with E-state index in [1.165, 1.54) is 20.8 Å². The standard InChI is InChI=1S/C19H22O3.C17H18O3.C15H14O3/c1-11-7-16(8-12(2)18(11)21-6)17-9-13(3)19(14(4)10-17)22-15(5)20;1-11-9-14(5-7-16(11)19-4)15-6-8-17(12(2)10-15)20-13(3)18;1-11(16)18-15-9-5-13(6-10-15)12-3-7-14(17-2)8-4-12/h7-10H,1-6H3;5-10H,1-4H3;3-10H,1-2H3. The molecule has 0 amide bonds. The largest absolute Gasteiger partial charge is 0.497 e. The van der Waals surface area contributed by atoms with E-state index in [9.17, 15) is 14.4 Å². The van der Waals surface area contributed by atoms with Gasteiger partial charge in [-0.05, 0) is 181 Å². The van der Waals surface area contributed by atoms with Crippen molar-refractivity contribution in [3.8, 4) is 67.9 Å². The molecule has 0 unspecified atom stereocenters. The number of aryl methyl sites for hydroxylation is 6. The summed E-state index contributed by atoms with van der Waals surface area (Å²) in [5, 5.41) is 0. The van der Waals surface area contributed by atoms with Gasteiger partial charge in [0.25, 0.3) is 0 Å². The van der Waals surface area contributed by atoms with Crippen molar-refractivity contribution < 1.29 is 42.8 Å². The first-order chi connectivity index (χ1) is 28.5. The fourth-order valence-corrected chi connectivity index (χ4v) is 6.68. The minimum absolute atomic E-state index is 0.296. The first-order valence-corrected chi connectivity index (χ1v) is 19.4. The Morgan fingerprint density at radius 3 is 1.07 bits per heavy atom. The lowest BCUT2D eigenvalue weighted by Gasteiger charge is -2.14. The molecule has 0 bridgehead atoms. The van der Waals surface area contributed by atoms with Crippen LogP contribution < -0.4 is 28.4 Å². The summed E-state index contributed by atoms with van der Waals surface area (Å²) >= 11 is 0. The Hall–Kier alpha value is -6.87. The molecule has 0 saturated carbocycles. The highest BCUT2D eigenvalue weighted by atomic mass is 16.5. The van der Waals surface area contributed by atoms with Crippen LogP contribution in [-0.2, 0) is 14.4 Å². The fourth-order valence-electron chi connectivity index (χ4n) is 6.68. The molecule has 0 saturated heterocycles. The van der Waals surface area contributed by atoms with E-state index in [2.05, 4.69) is 18.2 Å². The van der Waals surface area contributed by atoms with E-state index in [0.717, 1.165) is 84.0 Å². The molecule has 0 aliphatic heterocycles. The van der Waals surface area contributed by atoms with Crippen LogP contribution in [0.4, 0.5) is 0 Å². The van der Waals surface area contributed by atoms with Crippen LogP contribution in [0.15, 0.2) is 109 Å². The Balaban J connectivity index is 0.000000199. The average molecular weight is 811 g/mol. The van der Waals surface area contributed by atoms with Gasteiger partial charge in [0, 0.05) is 20.8 Å². The van der Waals surface area contributed by atoms with Crippen molar-refractivity contribution in [1.29, 1.82) is 0 Å². The molecule has 6 rings (SSSR count). The predicted octanol–water partition coefficient (Wildman–Crippen LogP) is 11.7. The molecule has 0 heterocycles. The van der Waals surface area contributed by atoms with Gasteiger partial charge in [-0.3, -0.25) is 14.4 Å². The highest BCUT2D eigenvalue weighted by Gasteiger charge is 2.13. The summed E-state index contributed by atoms with van der Waals surface area (Å²) in [4.78, 5) is 33.0. The van der Waals surface area contributed by atoms with E-state index in [1.807, 2.05) is 120 Å². The molecule has 6 aromatic carbocycles. The molecule has 0 aliphatic rings. The maximum Gasteiger partial charge on any atom is 0.308 e. The van der Waals surface area contributed by atoms with E-state index in [-0.39, 0.29) is 17.9 Å². The third-order valence-corrected chi connectivity index (χ3v) is 9.40. The second-order valence-corrected chi connectivity index (χ2v) is 14.3. The van der Waals surface area contributed by atoms with Crippen molar-refractivity contribution in [3.63, 3.8) is 0 Å². The molecule has 312 valence electrons. The van der Waals surface area contributed by atoms with Crippen molar-refractivity contribution in [2.45, 2.75) is 62.3 Å². The lowest BCUT2D eigenvalue weighted by molar-refractivity contribution is -0.132. The van der Waals surface area contributed by atoms with E-state index >= 15 is 0 Å². The maximum absolute atomic E-state index is 11.2. The van der Waals surface area contributed by atoms with Crippen LogP contribution in [0.1, 0.15) is 54.2 Å². The van der Waals surface area contributed by atoms with E-state index in [1.54, 1.807) is 33.5 Å². The molecule has 6 aromatic rings. The number of hydrogen-bond acceptors (Lipinski definition) is 9. The van der Waals surface area contributed by atoms with Gasteiger partial charge in [0.1, 0.15) is 34.5 Å². The summed E-state index contributed by atoms with van der Waals surface area (Å²) in [6.45, 7) is 16.2. The normalized spacial score (nSPS) is 10.2. The van der Waals surface area contributed by atoms with Gasteiger partial charge in [0.05, 0.1) is 21.3 Å². The fraction of sp³-hybridized carbons (Fsp3) is 0.235. The third kappa shape index (κ3) is 12.6. The number of hydrogen-bond donors (Lipinski definition) is 0. The molecule has 0 N–H and O–H groups in total. The van der Waals surface area contributed by atoms with E-state index in [0.29, 0.717) is 17.2 Å². The number of ether oxygens (including phenoxy) is 6. The molecule has 0 radical (unpaired) electrons. The summed E-state index contributed by atoms with van der Waals surface area (Å²) in [7, 11) is 5.00. The molecular formula is C51H54O9. The van der Waals surface area contributed by atoms with Crippen molar-refractivity contribution in [3.05, 3.63) is 143 Å². The van der Waals surface area contributed by atoms with Crippen molar-refractivity contribution >= 4 is 17.9 Å². The van der Waals surface area contributed by atoms with Gasteiger partial charge in [0.2, 0.25) is 0 Å². The second kappa shape index (κ2) is 21.2. The van der Waals surface area contributed by atoms with Crippen molar-refractivity contribution in [1.82, 2.24) is 0 Å². The Morgan fingerprint density at radius 2 is 0.700 bits per heavy atom. The highest BCUT2D eigenvalue weighted by molar-refractivity contribution is 5.75. The van der Waals surface area contributed by atoms with Gasteiger partial charge in [-0.25, -0.2) is 0 Å². The first kappa shape index (κ1) is 45.8.